The van der Waals surface area contributed by atoms with Gasteiger partial charge in [-0.25, -0.2) is 8.97 Å². The summed E-state index contributed by atoms with van der Waals surface area (Å²) in [6.45, 7) is 2.35. The Bertz CT molecular complexity index is 1130. The molecule has 134 valence electrons. The van der Waals surface area contributed by atoms with Crippen molar-refractivity contribution in [1.29, 1.82) is 0 Å². The number of nitrogens with zero attached hydrogens (tertiary/aromatic N) is 2. The Morgan fingerprint density at radius 1 is 0.889 bits per heavy atom. The van der Waals surface area contributed by atoms with Crippen LogP contribution in [0.25, 0.3) is 16.9 Å². The van der Waals surface area contributed by atoms with E-state index in [9.17, 15) is 4.79 Å². The number of Topliss-reactive ketones (excluding diaryl/α,β-unsaturated/α-hetero) is 1. The molecule has 0 saturated carbocycles. The predicted molar refractivity (Wildman–Crippen MR) is 114 cm³/mol. The summed E-state index contributed by atoms with van der Waals surface area (Å²) in [5.41, 5.74) is 4.95. The average Bonchev–Trinajstić information content (AvgIpc) is 3.00. The van der Waals surface area contributed by atoms with Crippen LogP contribution >= 0.6 is 31.9 Å². The van der Waals surface area contributed by atoms with Crippen molar-refractivity contribution in [1.82, 2.24) is 4.57 Å². The van der Waals surface area contributed by atoms with E-state index in [1.165, 1.54) is 5.56 Å². The second-order valence-corrected chi connectivity index (χ2v) is 8.34. The molecule has 0 aliphatic heterocycles. The summed E-state index contributed by atoms with van der Waals surface area (Å²) >= 11 is 6.91. The second-order valence-electron chi connectivity index (χ2n) is 6.51. The summed E-state index contributed by atoms with van der Waals surface area (Å²) in [7, 11) is 0. The number of imidazole rings is 1. The molecular weight excluding hydrogens is 468 g/mol. The van der Waals surface area contributed by atoms with Crippen molar-refractivity contribution >= 4 is 43.3 Å². The Hall–Kier alpha value is -2.24. The summed E-state index contributed by atoms with van der Waals surface area (Å²) in [5.74, 6) is 0.0829. The molecule has 0 fully saturated rings. The van der Waals surface area contributed by atoms with Crippen LogP contribution in [0.1, 0.15) is 15.9 Å². The van der Waals surface area contributed by atoms with Gasteiger partial charge in [0.1, 0.15) is 6.20 Å². The number of carbonyl (C=O) groups is 1. The van der Waals surface area contributed by atoms with Crippen LogP contribution in [0.2, 0.25) is 0 Å². The maximum atomic E-state index is 12.9. The van der Waals surface area contributed by atoms with Crippen molar-refractivity contribution in [2.75, 3.05) is 0 Å². The molecule has 0 amide bonds. The van der Waals surface area contributed by atoms with E-state index < -0.39 is 0 Å². The summed E-state index contributed by atoms with van der Waals surface area (Å²) in [6.07, 6.45) is 4.17. The van der Waals surface area contributed by atoms with Crippen LogP contribution in [0.4, 0.5) is 0 Å². The zero-order valence-electron chi connectivity index (χ0n) is 14.7. The van der Waals surface area contributed by atoms with Gasteiger partial charge in [-0.15, -0.1) is 0 Å². The normalized spacial score (nSPS) is 11.1. The van der Waals surface area contributed by atoms with Gasteiger partial charge in [-0.2, -0.15) is 0 Å². The number of aryl methyl sites for hydroxylation is 1. The van der Waals surface area contributed by atoms with Crippen molar-refractivity contribution in [3.8, 4) is 11.3 Å². The van der Waals surface area contributed by atoms with Crippen LogP contribution in [-0.2, 0) is 6.54 Å². The summed E-state index contributed by atoms with van der Waals surface area (Å²) in [4.78, 5) is 12.9. The van der Waals surface area contributed by atoms with Crippen LogP contribution in [0.5, 0.6) is 0 Å². The van der Waals surface area contributed by atoms with Gasteiger partial charge in [0.05, 0.1) is 6.20 Å². The first-order valence-electron chi connectivity index (χ1n) is 8.57. The van der Waals surface area contributed by atoms with E-state index in [1.54, 1.807) is 0 Å². The molecule has 0 bridgehead atoms. The van der Waals surface area contributed by atoms with E-state index in [1.807, 2.05) is 36.4 Å². The highest BCUT2D eigenvalue weighted by Gasteiger charge is 2.22. The Balaban J connectivity index is 1.82. The molecule has 3 nitrogen and oxygen atoms in total. The highest BCUT2D eigenvalue weighted by molar-refractivity contribution is 9.10. The number of rotatable bonds is 4. The lowest BCUT2D eigenvalue weighted by atomic mass is 10.1. The zero-order valence-corrected chi connectivity index (χ0v) is 17.9. The molecule has 0 aliphatic carbocycles. The molecule has 4 aromatic rings. The number of halogens is 2. The van der Waals surface area contributed by atoms with Gasteiger partial charge >= 0.3 is 0 Å². The van der Waals surface area contributed by atoms with E-state index in [0.717, 1.165) is 25.8 Å². The molecule has 4 rings (SSSR count). The highest BCUT2D eigenvalue weighted by Crippen LogP contribution is 2.24. The minimum Gasteiger partial charge on any atom is -0.290 e. The molecule has 0 unspecified atom stereocenters. The smallest absolute Gasteiger partial charge is 0.287 e. The fourth-order valence-corrected chi connectivity index (χ4v) is 3.69. The van der Waals surface area contributed by atoms with E-state index in [4.69, 9.17) is 0 Å². The number of pyridine rings is 1. The first-order chi connectivity index (χ1) is 13.0. The minimum absolute atomic E-state index is 0.0829. The first kappa shape index (κ1) is 18.1. The van der Waals surface area contributed by atoms with Gasteiger partial charge in [0, 0.05) is 26.1 Å². The van der Waals surface area contributed by atoms with Crippen molar-refractivity contribution in [3.63, 3.8) is 0 Å². The standard InChI is InChI=1S/C22H17Br2N2O/c1-15-2-11-22-25(12-15)13-20(16-3-7-18(23)8-4-16)26(22)14-21(27)17-5-9-19(24)10-6-17/h2-13H,14H2,1H3/q+1. The van der Waals surface area contributed by atoms with Crippen molar-refractivity contribution in [2.24, 2.45) is 0 Å². The van der Waals surface area contributed by atoms with E-state index in [0.29, 0.717) is 5.56 Å². The molecule has 5 heteroatoms. The number of benzene rings is 2. The van der Waals surface area contributed by atoms with Crippen LogP contribution in [0.3, 0.4) is 0 Å². The van der Waals surface area contributed by atoms with Gasteiger partial charge in [-0.05, 0) is 55.0 Å². The zero-order chi connectivity index (χ0) is 19.0. The summed E-state index contributed by atoms with van der Waals surface area (Å²) < 4.78 is 6.16. The monoisotopic (exact) mass is 483 g/mol. The molecular formula is C22H17Br2N2O+. The molecule has 0 aliphatic rings. The molecule has 27 heavy (non-hydrogen) atoms. The van der Waals surface area contributed by atoms with Crippen LogP contribution < -0.4 is 4.40 Å². The lowest BCUT2D eigenvalue weighted by molar-refractivity contribution is -0.510. The van der Waals surface area contributed by atoms with Crippen molar-refractivity contribution in [3.05, 3.63) is 93.1 Å². The molecule has 2 aromatic heterocycles. The Morgan fingerprint density at radius 3 is 2.19 bits per heavy atom. The third kappa shape index (κ3) is 3.75. The van der Waals surface area contributed by atoms with E-state index in [-0.39, 0.29) is 12.3 Å². The number of aromatic nitrogens is 2. The third-order valence-electron chi connectivity index (χ3n) is 4.54. The van der Waals surface area contributed by atoms with Gasteiger partial charge in [-0.1, -0.05) is 44.0 Å². The fraction of sp³-hybridized carbons (Fsp3) is 0.0909. The van der Waals surface area contributed by atoms with Gasteiger partial charge in [0.15, 0.2) is 12.2 Å². The molecule has 0 N–H and O–H groups in total. The fourth-order valence-electron chi connectivity index (χ4n) is 3.17. The molecule has 0 atom stereocenters. The van der Waals surface area contributed by atoms with Gasteiger partial charge < -0.3 is 0 Å². The topological polar surface area (TPSA) is 26.1 Å². The lowest BCUT2D eigenvalue weighted by Gasteiger charge is -2.04. The second kappa shape index (κ2) is 7.41. The summed E-state index contributed by atoms with van der Waals surface area (Å²) in [5, 5.41) is 0. The van der Waals surface area contributed by atoms with Gasteiger partial charge in [-0.3, -0.25) is 4.79 Å². The van der Waals surface area contributed by atoms with E-state index in [2.05, 4.69) is 84.4 Å². The minimum atomic E-state index is 0.0829. The number of ketones is 1. The molecule has 0 radical (unpaired) electrons. The molecule has 2 heterocycles. The molecule has 0 spiro atoms. The number of hydrogen-bond acceptors (Lipinski definition) is 1. The number of hydrogen-bond donors (Lipinski definition) is 0. The first-order valence-corrected chi connectivity index (χ1v) is 10.2. The third-order valence-corrected chi connectivity index (χ3v) is 5.60. The quantitative estimate of drug-likeness (QED) is 0.273. The Kier molecular flexibility index (Phi) is 4.98. The Labute approximate surface area is 174 Å². The number of fused-ring (bicyclic) bond motifs is 1. The van der Waals surface area contributed by atoms with Gasteiger partial charge in [0.2, 0.25) is 5.78 Å². The maximum Gasteiger partial charge on any atom is 0.287 e. The van der Waals surface area contributed by atoms with Crippen molar-refractivity contribution < 1.29 is 9.20 Å². The highest BCUT2D eigenvalue weighted by atomic mass is 79.9. The Morgan fingerprint density at radius 2 is 1.52 bits per heavy atom. The molecule has 2 aromatic carbocycles. The lowest BCUT2D eigenvalue weighted by Crippen LogP contribution is -2.20. The van der Waals surface area contributed by atoms with Gasteiger partial charge in [0.25, 0.3) is 5.65 Å². The number of carbonyl (C=O) groups excluding carboxylic acids is 1. The van der Waals surface area contributed by atoms with Crippen LogP contribution in [0, 0.1) is 6.92 Å². The largest absolute Gasteiger partial charge is 0.290 e. The SMILES string of the molecule is Cc1ccc2n(CC(=O)c3ccc(Br)cc3)c(-c3ccc(Br)cc3)c[n+]2c1. The molecule has 0 saturated heterocycles. The predicted octanol–water partition coefficient (Wildman–Crippen LogP) is 5.61. The van der Waals surface area contributed by atoms with Crippen LogP contribution in [0.15, 0.2) is 82.0 Å². The van der Waals surface area contributed by atoms with Crippen molar-refractivity contribution in [2.45, 2.75) is 13.5 Å². The van der Waals surface area contributed by atoms with E-state index >= 15 is 0 Å². The maximum absolute atomic E-state index is 12.9. The van der Waals surface area contributed by atoms with Crippen LogP contribution in [-0.4, -0.2) is 10.4 Å². The summed E-state index contributed by atoms with van der Waals surface area (Å²) in [6, 6.07) is 19.8. The average molecular weight is 485 g/mol.